The van der Waals surface area contributed by atoms with E-state index in [1.165, 1.54) is 69.6 Å². The second-order valence-electron chi connectivity index (χ2n) is 7.62. The third kappa shape index (κ3) is 4.75. The highest BCUT2D eigenvalue weighted by molar-refractivity contribution is 7.89. The van der Waals surface area contributed by atoms with Crippen LogP contribution in [0.25, 0.3) is 0 Å². The van der Waals surface area contributed by atoms with Crippen molar-refractivity contribution in [3.63, 3.8) is 0 Å². The van der Waals surface area contributed by atoms with Crippen molar-refractivity contribution in [3.05, 3.63) is 71.8 Å². The number of imide groups is 1. The van der Waals surface area contributed by atoms with Crippen LogP contribution in [0, 0.1) is 0 Å². The van der Waals surface area contributed by atoms with Crippen molar-refractivity contribution in [2.24, 2.45) is 0 Å². The smallest absolute Gasteiger partial charge is 0.338 e. The van der Waals surface area contributed by atoms with E-state index in [0.29, 0.717) is 0 Å². The Labute approximate surface area is 196 Å². The second-order valence-corrected chi connectivity index (χ2v) is 9.77. The van der Waals surface area contributed by atoms with E-state index in [2.05, 4.69) is 11.9 Å². The van der Waals surface area contributed by atoms with Crippen molar-refractivity contribution in [1.29, 1.82) is 0 Å². The molecular formula is C23H23N3O7S. The van der Waals surface area contributed by atoms with Gasteiger partial charge in [-0.2, -0.15) is 0 Å². The monoisotopic (exact) mass is 485 g/mol. The first-order valence-corrected chi connectivity index (χ1v) is 11.6. The highest BCUT2D eigenvalue weighted by Gasteiger charge is 2.35. The van der Waals surface area contributed by atoms with Crippen LogP contribution in [0.4, 0.5) is 5.69 Å². The van der Waals surface area contributed by atoms with Crippen LogP contribution in [-0.2, 0) is 19.6 Å². The van der Waals surface area contributed by atoms with Gasteiger partial charge in [0.1, 0.15) is 0 Å². The summed E-state index contributed by atoms with van der Waals surface area (Å²) in [5, 5.41) is 2.51. The Kier molecular flexibility index (Phi) is 6.99. The number of benzene rings is 2. The van der Waals surface area contributed by atoms with Gasteiger partial charge >= 0.3 is 5.97 Å². The fourth-order valence-corrected chi connectivity index (χ4v) is 4.13. The average Bonchev–Trinajstić information content (AvgIpc) is 3.03. The molecule has 178 valence electrons. The predicted octanol–water partition coefficient (Wildman–Crippen LogP) is 1.90. The number of hydrogen-bond donors (Lipinski definition) is 1. The summed E-state index contributed by atoms with van der Waals surface area (Å²) >= 11 is 0. The molecule has 0 spiro atoms. The van der Waals surface area contributed by atoms with Crippen LogP contribution >= 0.6 is 0 Å². The maximum atomic E-state index is 12.6. The molecule has 3 rings (SSSR count). The maximum Gasteiger partial charge on any atom is 0.338 e. The zero-order valence-electron chi connectivity index (χ0n) is 18.8. The Morgan fingerprint density at radius 2 is 1.79 bits per heavy atom. The first-order valence-electron chi connectivity index (χ1n) is 10.1. The van der Waals surface area contributed by atoms with Gasteiger partial charge in [-0.3, -0.25) is 19.3 Å². The van der Waals surface area contributed by atoms with Crippen molar-refractivity contribution < 1.29 is 32.3 Å². The summed E-state index contributed by atoms with van der Waals surface area (Å²) in [4.78, 5) is 50.8. The van der Waals surface area contributed by atoms with Gasteiger partial charge < -0.3 is 10.1 Å². The fraction of sp³-hybridized carbons (Fsp3) is 0.217. The van der Waals surface area contributed by atoms with Crippen molar-refractivity contribution in [3.8, 4) is 0 Å². The van der Waals surface area contributed by atoms with Crippen molar-refractivity contribution in [2.75, 3.05) is 26.0 Å². The second kappa shape index (κ2) is 9.57. The third-order valence-electron chi connectivity index (χ3n) is 5.05. The van der Waals surface area contributed by atoms with Crippen LogP contribution in [0.5, 0.6) is 0 Å². The summed E-state index contributed by atoms with van der Waals surface area (Å²) in [7, 11) is -0.915. The minimum atomic E-state index is -3.70. The molecule has 10 nitrogen and oxygen atoms in total. The Morgan fingerprint density at radius 1 is 1.12 bits per heavy atom. The van der Waals surface area contributed by atoms with E-state index in [1.54, 1.807) is 0 Å². The number of nitrogens with one attached hydrogen (secondary N) is 1. The van der Waals surface area contributed by atoms with Gasteiger partial charge in [-0.25, -0.2) is 17.5 Å². The fourth-order valence-electron chi connectivity index (χ4n) is 3.18. The van der Waals surface area contributed by atoms with E-state index in [4.69, 9.17) is 4.74 Å². The van der Waals surface area contributed by atoms with E-state index < -0.39 is 39.8 Å². The van der Waals surface area contributed by atoms with Crippen molar-refractivity contribution >= 4 is 39.4 Å². The number of rotatable bonds is 8. The lowest BCUT2D eigenvalue weighted by atomic mass is 10.1. The average molecular weight is 486 g/mol. The van der Waals surface area contributed by atoms with Crippen LogP contribution in [-0.4, -0.2) is 68.1 Å². The molecule has 34 heavy (non-hydrogen) atoms. The number of hydrogen-bond acceptors (Lipinski definition) is 7. The summed E-state index contributed by atoms with van der Waals surface area (Å²) in [5.74, 6) is -2.58. The molecule has 0 unspecified atom stereocenters. The van der Waals surface area contributed by atoms with Crippen LogP contribution in [0.15, 0.2) is 60.0 Å². The van der Waals surface area contributed by atoms with E-state index in [9.17, 15) is 27.6 Å². The Bertz CT molecular complexity index is 1300. The molecule has 1 heterocycles. The van der Waals surface area contributed by atoms with Gasteiger partial charge in [-0.05, 0) is 43.3 Å². The van der Waals surface area contributed by atoms with Crippen LogP contribution in [0.3, 0.4) is 0 Å². The topological polar surface area (TPSA) is 130 Å². The molecule has 0 fully saturated rings. The molecule has 0 aromatic heterocycles. The molecule has 1 N–H and O–H groups in total. The molecule has 2 aromatic rings. The van der Waals surface area contributed by atoms with Crippen molar-refractivity contribution in [2.45, 2.75) is 17.9 Å². The number of sulfonamides is 1. The van der Waals surface area contributed by atoms with Gasteiger partial charge in [-0.1, -0.05) is 12.1 Å². The maximum absolute atomic E-state index is 12.6. The quantitative estimate of drug-likeness (QED) is 0.343. The molecule has 1 aliphatic rings. The number of amides is 3. The summed E-state index contributed by atoms with van der Waals surface area (Å²) in [6.45, 7) is 4.91. The first-order chi connectivity index (χ1) is 16.0. The lowest BCUT2D eigenvalue weighted by Gasteiger charge is -2.15. The third-order valence-corrected chi connectivity index (χ3v) is 6.86. The number of nitrogens with zero attached hydrogens (tertiary/aromatic N) is 2. The van der Waals surface area contributed by atoms with Gasteiger partial charge in [0, 0.05) is 26.3 Å². The molecule has 1 aliphatic heterocycles. The molecule has 0 saturated carbocycles. The summed E-state index contributed by atoms with van der Waals surface area (Å²) in [6.07, 6.45) is 0.187. The number of ether oxygens (including phenoxy) is 1. The highest BCUT2D eigenvalue weighted by Crippen LogP contribution is 2.24. The molecule has 1 atom stereocenters. The predicted molar refractivity (Wildman–Crippen MR) is 123 cm³/mol. The van der Waals surface area contributed by atoms with Crippen molar-refractivity contribution in [1.82, 2.24) is 9.21 Å². The number of anilines is 1. The van der Waals surface area contributed by atoms with Gasteiger partial charge in [0.15, 0.2) is 6.10 Å². The summed E-state index contributed by atoms with van der Waals surface area (Å²) in [5.41, 5.74) is 0.443. The number of carbonyl (C=O) groups excluding carboxylic acids is 4. The number of carbonyl (C=O) groups is 4. The molecule has 0 radical (unpaired) electrons. The molecule has 2 aromatic carbocycles. The normalized spacial score (nSPS) is 14.1. The zero-order valence-corrected chi connectivity index (χ0v) is 19.6. The number of fused-ring (bicyclic) bond motifs is 1. The van der Waals surface area contributed by atoms with E-state index in [1.807, 2.05) is 0 Å². The molecule has 11 heteroatoms. The molecular weight excluding hydrogens is 462 g/mol. The molecule has 0 bridgehead atoms. The van der Waals surface area contributed by atoms with Gasteiger partial charge in [-0.15, -0.1) is 6.58 Å². The number of esters is 1. The summed E-state index contributed by atoms with van der Waals surface area (Å²) < 4.78 is 30.8. The standard InChI is InChI=1S/C23H23N3O7S/c1-5-11-26-21(28)18-10-9-15(12-19(18)22(26)29)23(30)33-14(2)20(27)24-16-7-6-8-17(13-16)34(31,32)25(3)4/h5-10,12-14H,1,11H2,2-4H3,(H,24,27)/t14-/m0/s1. The lowest BCUT2D eigenvalue weighted by molar-refractivity contribution is -0.123. The van der Waals surface area contributed by atoms with Gasteiger partial charge in [0.25, 0.3) is 17.7 Å². The van der Waals surface area contributed by atoms with E-state index in [-0.39, 0.29) is 33.8 Å². The SMILES string of the molecule is C=CCN1C(=O)c2ccc(C(=O)O[C@@H](C)C(=O)Nc3cccc(S(=O)(=O)N(C)C)c3)cc2C1=O. The van der Waals surface area contributed by atoms with Crippen LogP contribution in [0.2, 0.25) is 0 Å². The first kappa shape index (κ1) is 24.8. The minimum absolute atomic E-state index is 0.000855. The molecule has 3 amide bonds. The lowest BCUT2D eigenvalue weighted by Crippen LogP contribution is -2.30. The zero-order chi connectivity index (χ0) is 25.2. The van der Waals surface area contributed by atoms with E-state index >= 15 is 0 Å². The minimum Gasteiger partial charge on any atom is -0.449 e. The van der Waals surface area contributed by atoms with Crippen LogP contribution < -0.4 is 5.32 Å². The summed E-state index contributed by atoms with van der Waals surface area (Å²) in [6, 6.07) is 9.60. The molecule has 0 saturated heterocycles. The Morgan fingerprint density at radius 3 is 2.44 bits per heavy atom. The molecule has 0 aliphatic carbocycles. The highest BCUT2D eigenvalue weighted by atomic mass is 32.2. The van der Waals surface area contributed by atoms with Gasteiger partial charge in [0.05, 0.1) is 21.6 Å². The largest absolute Gasteiger partial charge is 0.449 e. The van der Waals surface area contributed by atoms with Crippen LogP contribution in [0.1, 0.15) is 38.0 Å². The Balaban J connectivity index is 1.70. The van der Waals surface area contributed by atoms with E-state index in [0.717, 1.165) is 9.21 Å². The Hall–Kier alpha value is -3.83. The van der Waals surface area contributed by atoms with Gasteiger partial charge in [0.2, 0.25) is 10.0 Å².